The van der Waals surface area contributed by atoms with Gasteiger partial charge >= 0.3 is 0 Å². The minimum atomic E-state index is 0.319. The lowest BCUT2D eigenvalue weighted by Gasteiger charge is -2.08. The first-order chi connectivity index (χ1) is 7.74. The van der Waals surface area contributed by atoms with Gasteiger partial charge in [-0.15, -0.1) is 0 Å². The second-order valence-corrected chi connectivity index (χ2v) is 3.50. The summed E-state index contributed by atoms with van der Waals surface area (Å²) in [7, 11) is 0. The van der Waals surface area contributed by atoms with Crippen LogP contribution in [0.25, 0.3) is 18.2 Å². The van der Waals surface area contributed by atoms with E-state index in [1.54, 1.807) is 6.07 Å². The van der Waals surface area contributed by atoms with E-state index in [0.29, 0.717) is 5.75 Å². The fourth-order valence-corrected chi connectivity index (χ4v) is 1.66. The maximum Gasteiger partial charge on any atom is 0.123 e. The van der Waals surface area contributed by atoms with Crippen LogP contribution >= 0.6 is 0 Å². The van der Waals surface area contributed by atoms with Crippen molar-refractivity contribution in [2.75, 3.05) is 0 Å². The molecule has 1 aromatic carbocycles. The van der Waals surface area contributed by atoms with Crippen LogP contribution in [0.4, 0.5) is 0 Å². The highest BCUT2D eigenvalue weighted by atomic mass is 16.3. The summed E-state index contributed by atoms with van der Waals surface area (Å²) in [6.45, 7) is 5.91. The number of allylic oxidation sites excluding steroid dienone is 3. The van der Waals surface area contributed by atoms with Gasteiger partial charge in [-0.25, -0.2) is 0 Å². The summed E-state index contributed by atoms with van der Waals surface area (Å²) in [5.74, 6) is 0.319. The molecule has 0 radical (unpaired) electrons. The normalized spacial score (nSPS) is 12.2. The van der Waals surface area contributed by atoms with Gasteiger partial charge in [0.2, 0.25) is 0 Å². The van der Waals surface area contributed by atoms with Crippen LogP contribution < -0.4 is 0 Å². The van der Waals surface area contributed by atoms with Gasteiger partial charge in [0, 0.05) is 5.56 Å². The Labute approximate surface area is 97.4 Å². The van der Waals surface area contributed by atoms with E-state index in [9.17, 15) is 5.11 Å². The van der Waals surface area contributed by atoms with Gasteiger partial charge in [0.1, 0.15) is 5.75 Å². The highest BCUT2D eigenvalue weighted by Crippen LogP contribution is 2.28. The maximum atomic E-state index is 9.83. The zero-order valence-electron chi connectivity index (χ0n) is 10.1. The molecule has 0 amide bonds. The van der Waals surface area contributed by atoms with Crippen molar-refractivity contribution in [1.29, 1.82) is 0 Å². The molecule has 1 heteroatoms. The number of rotatable bonds is 3. The van der Waals surface area contributed by atoms with E-state index in [1.165, 1.54) is 0 Å². The molecule has 0 aliphatic carbocycles. The van der Waals surface area contributed by atoms with Gasteiger partial charge in [-0.05, 0) is 38.0 Å². The summed E-state index contributed by atoms with van der Waals surface area (Å²) < 4.78 is 0. The van der Waals surface area contributed by atoms with Gasteiger partial charge in [0.15, 0.2) is 0 Å². The standard InChI is InChI=1S/C15H18O/c1-4-7-12-10-11-15(16)14(9-6-3)13(12)8-5-2/h4-11,16H,1-3H3. The molecule has 0 fully saturated rings. The van der Waals surface area contributed by atoms with E-state index in [0.717, 1.165) is 16.7 Å². The third-order valence-corrected chi connectivity index (χ3v) is 2.31. The zero-order valence-corrected chi connectivity index (χ0v) is 10.1. The smallest absolute Gasteiger partial charge is 0.123 e. The third-order valence-electron chi connectivity index (χ3n) is 2.31. The van der Waals surface area contributed by atoms with Crippen molar-refractivity contribution in [3.8, 4) is 5.75 Å². The van der Waals surface area contributed by atoms with Crippen molar-refractivity contribution in [3.63, 3.8) is 0 Å². The van der Waals surface area contributed by atoms with Crippen LogP contribution in [0.15, 0.2) is 30.4 Å². The van der Waals surface area contributed by atoms with E-state index >= 15 is 0 Å². The summed E-state index contributed by atoms with van der Waals surface area (Å²) in [5, 5.41) is 9.83. The predicted molar refractivity (Wildman–Crippen MR) is 72.2 cm³/mol. The Kier molecular flexibility index (Phi) is 4.59. The number of benzene rings is 1. The molecule has 1 rings (SSSR count). The van der Waals surface area contributed by atoms with Gasteiger partial charge in [0.25, 0.3) is 0 Å². The summed E-state index contributed by atoms with van der Waals surface area (Å²) in [6, 6.07) is 3.66. The number of hydrogen-bond donors (Lipinski definition) is 1. The zero-order chi connectivity index (χ0) is 12.0. The Morgan fingerprint density at radius 3 is 1.94 bits per heavy atom. The van der Waals surface area contributed by atoms with Crippen molar-refractivity contribution < 1.29 is 5.11 Å². The second-order valence-electron chi connectivity index (χ2n) is 3.50. The molecule has 1 aromatic rings. The van der Waals surface area contributed by atoms with E-state index in [-0.39, 0.29) is 0 Å². The van der Waals surface area contributed by atoms with Crippen molar-refractivity contribution in [1.82, 2.24) is 0 Å². The molecule has 1 N–H and O–H groups in total. The van der Waals surface area contributed by atoms with Crippen LogP contribution in [0.1, 0.15) is 37.5 Å². The molecule has 84 valence electrons. The molecular weight excluding hydrogens is 196 g/mol. The van der Waals surface area contributed by atoms with Gasteiger partial charge in [-0.2, -0.15) is 0 Å². The molecule has 0 bridgehead atoms. The molecule has 0 aliphatic rings. The quantitative estimate of drug-likeness (QED) is 0.785. The Morgan fingerprint density at radius 2 is 1.38 bits per heavy atom. The first-order valence-electron chi connectivity index (χ1n) is 5.48. The Balaban J connectivity index is 3.48. The minimum absolute atomic E-state index is 0.319. The molecule has 0 aromatic heterocycles. The summed E-state index contributed by atoms with van der Waals surface area (Å²) in [5.41, 5.74) is 3.04. The molecule has 0 aliphatic heterocycles. The Hall–Kier alpha value is -1.76. The lowest BCUT2D eigenvalue weighted by atomic mass is 9.98. The minimum Gasteiger partial charge on any atom is -0.507 e. The van der Waals surface area contributed by atoms with Gasteiger partial charge in [-0.1, -0.05) is 42.5 Å². The monoisotopic (exact) mass is 214 g/mol. The topological polar surface area (TPSA) is 20.2 Å². The average Bonchev–Trinajstić information content (AvgIpc) is 2.27. The Morgan fingerprint density at radius 1 is 0.812 bits per heavy atom. The number of phenols is 1. The van der Waals surface area contributed by atoms with Crippen molar-refractivity contribution >= 4 is 18.2 Å². The molecular formula is C15H18O. The SMILES string of the molecule is CC=Cc1ccc(O)c(C=CC)c1C=CC. The highest BCUT2D eigenvalue weighted by molar-refractivity contribution is 5.77. The molecule has 0 atom stereocenters. The Bertz CT molecular complexity index is 437. The molecule has 0 spiro atoms. The number of aromatic hydroxyl groups is 1. The molecule has 0 heterocycles. The summed E-state index contributed by atoms with van der Waals surface area (Å²) in [6.07, 6.45) is 11.9. The van der Waals surface area contributed by atoms with Crippen molar-refractivity contribution in [3.05, 3.63) is 47.1 Å². The highest BCUT2D eigenvalue weighted by Gasteiger charge is 2.06. The lowest BCUT2D eigenvalue weighted by molar-refractivity contribution is 0.474. The summed E-state index contributed by atoms with van der Waals surface area (Å²) in [4.78, 5) is 0. The first kappa shape index (κ1) is 12.3. The van der Waals surface area contributed by atoms with Crippen LogP contribution in [-0.2, 0) is 0 Å². The predicted octanol–water partition coefficient (Wildman–Crippen LogP) is 4.49. The average molecular weight is 214 g/mol. The fourth-order valence-electron chi connectivity index (χ4n) is 1.66. The van der Waals surface area contributed by atoms with E-state index < -0.39 is 0 Å². The lowest BCUT2D eigenvalue weighted by Crippen LogP contribution is -1.87. The van der Waals surface area contributed by atoms with Crippen LogP contribution in [-0.4, -0.2) is 5.11 Å². The largest absolute Gasteiger partial charge is 0.507 e. The van der Waals surface area contributed by atoms with Crippen LogP contribution in [0, 0.1) is 0 Å². The van der Waals surface area contributed by atoms with Crippen molar-refractivity contribution in [2.45, 2.75) is 20.8 Å². The van der Waals surface area contributed by atoms with E-state index in [2.05, 4.69) is 0 Å². The second kappa shape index (κ2) is 5.96. The maximum absolute atomic E-state index is 9.83. The van der Waals surface area contributed by atoms with Gasteiger partial charge in [0.05, 0.1) is 0 Å². The number of phenolic OH excluding ortho intramolecular Hbond substituents is 1. The summed E-state index contributed by atoms with van der Waals surface area (Å²) >= 11 is 0. The molecule has 0 unspecified atom stereocenters. The van der Waals surface area contributed by atoms with Crippen molar-refractivity contribution in [2.24, 2.45) is 0 Å². The van der Waals surface area contributed by atoms with E-state index in [1.807, 2.05) is 63.3 Å². The first-order valence-corrected chi connectivity index (χ1v) is 5.48. The number of hydrogen-bond acceptors (Lipinski definition) is 1. The van der Waals surface area contributed by atoms with Gasteiger partial charge in [-0.3, -0.25) is 0 Å². The van der Waals surface area contributed by atoms with Gasteiger partial charge < -0.3 is 5.11 Å². The van der Waals surface area contributed by atoms with Crippen LogP contribution in [0.3, 0.4) is 0 Å². The molecule has 1 nitrogen and oxygen atoms in total. The molecule has 0 saturated carbocycles. The fraction of sp³-hybridized carbons (Fsp3) is 0.200. The third kappa shape index (κ3) is 2.63. The van der Waals surface area contributed by atoms with E-state index in [4.69, 9.17) is 0 Å². The molecule has 0 saturated heterocycles. The van der Waals surface area contributed by atoms with Crippen LogP contribution in [0.2, 0.25) is 0 Å². The molecule has 16 heavy (non-hydrogen) atoms. The van der Waals surface area contributed by atoms with Crippen LogP contribution in [0.5, 0.6) is 5.75 Å².